The fourth-order valence-corrected chi connectivity index (χ4v) is 4.95. The van der Waals surface area contributed by atoms with Crippen LogP contribution in [0.25, 0.3) is 0 Å². The van der Waals surface area contributed by atoms with Crippen LogP contribution in [0.1, 0.15) is 30.1 Å². The van der Waals surface area contributed by atoms with Crippen LogP contribution in [0.3, 0.4) is 0 Å². The van der Waals surface area contributed by atoms with Gasteiger partial charge < -0.3 is 14.2 Å². The van der Waals surface area contributed by atoms with Crippen molar-refractivity contribution in [3.05, 3.63) is 64.4 Å². The average molecular weight is 451 g/mol. The first-order valence-electron chi connectivity index (χ1n) is 9.52. The van der Waals surface area contributed by atoms with Gasteiger partial charge in [-0.05, 0) is 23.8 Å². The van der Waals surface area contributed by atoms with Crippen LogP contribution in [0.5, 0.6) is 5.75 Å². The number of halogens is 2. The molecular weight excluding hydrogens is 435 g/mol. The van der Waals surface area contributed by atoms with Crippen LogP contribution in [-0.4, -0.2) is 18.8 Å². The van der Waals surface area contributed by atoms with E-state index in [0.29, 0.717) is 11.3 Å². The summed E-state index contributed by atoms with van der Waals surface area (Å²) in [5, 5.41) is 39.5. The van der Waals surface area contributed by atoms with Crippen molar-refractivity contribution in [2.24, 2.45) is 10.8 Å². The zero-order chi connectivity index (χ0) is 23.3. The third-order valence-corrected chi connectivity index (χ3v) is 6.52. The quantitative estimate of drug-likeness (QED) is 0.728. The second-order valence-corrected chi connectivity index (χ2v) is 8.15. The standard InChI is InChI=1S/C23H16ClFN4O3/c1-21-18(14-5-3-4-6-17(14)30-2)23(12-28,20(29)32-21)22(10-26,11-27)19(31-21)13-7-8-15(24)16(25)9-13/h3-9,18-19,29H,1-2H3. The van der Waals surface area contributed by atoms with Gasteiger partial charge in [0, 0.05) is 12.5 Å². The van der Waals surface area contributed by atoms with E-state index in [2.05, 4.69) is 6.07 Å². The van der Waals surface area contributed by atoms with Crippen LogP contribution < -0.4 is 4.74 Å². The third-order valence-electron chi connectivity index (χ3n) is 6.21. The lowest BCUT2D eigenvalue weighted by Gasteiger charge is -2.49. The van der Waals surface area contributed by atoms with Crippen molar-refractivity contribution >= 4 is 17.5 Å². The summed E-state index contributed by atoms with van der Waals surface area (Å²) < 4.78 is 31.7. The van der Waals surface area contributed by atoms with Gasteiger partial charge in [0.25, 0.3) is 0 Å². The molecule has 0 radical (unpaired) electrons. The van der Waals surface area contributed by atoms with Gasteiger partial charge >= 0.3 is 0 Å². The number of nitriles is 3. The monoisotopic (exact) mass is 450 g/mol. The fraction of sp³-hybridized carbons (Fsp3) is 0.304. The van der Waals surface area contributed by atoms with Gasteiger partial charge in [-0.25, -0.2) is 4.39 Å². The number of rotatable bonds is 3. The highest BCUT2D eigenvalue weighted by molar-refractivity contribution is 6.30. The fourth-order valence-electron chi connectivity index (χ4n) is 4.83. The molecule has 0 aliphatic carbocycles. The molecule has 32 heavy (non-hydrogen) atoms. The zero-order valence-electron chi connectivity index (χ0n) is 17.0. The van der Waals surface area contributed by atoms with Gasteiger partial charge in [-0.1, -0.05) is 35.9 Å². The summed E-state index contributed by atoms with van der Waals surface area (Å²) in [4.78, 5) is 0. The molecule has 2 aromatic rings. The number of fused-ring (bicyclic) bond motifs is 2. The largest absolute Gasteiger partial charge is 0.496 e. The Bertz CT molecular complexity index is 1250. The summed E-state index contributed by atoms with van der Waals surface area (Å²) in [6.45, 7) is 1.52. The van der Waals surface area contributed by atoms with Crippen molar-refractivity contribution in [1.82, 2.24) is 0 Å². The number of benzene rings is 2. The molecule has 0 amide bonds. The molecule has 2 aliphatic rings. The molecule has 2 heterocycles. The minimum Gasteiger partial charge on any atom is -0.496 e. The minimum atomic E-state index is -2.25. The predicted octanol–water partition coefficient (Wildman–Crippen LogP) is 4.61. The van der Waals surface area contributed by atoms with Gasteiger partial charge in [0.2, 0.25) is 17.1 Å². The molecule has 0 saturated carbocycles. The average Bonchev–Trinajstić information content (AvgIpc) is 2.98. The van der Waals surface area contributed by atoms with Gasteiger partial charge in [-0.2, -0.15) is 15.8 Å². The maximum atomic E-state index is 14.3. The summed E-state index contributed by atoms with van der Waals surface area (Å²) in [5.41, 5.74) is -3.76. The maximum absolute atomic E-state index is 14.3. The van der Waals surface area contributed by atoms with E-state index in [1.165, 1.54) is 26.2 Å². The Morgan fingerprint density at radius 2 is 1.81 bits per heavy atom. The van der Waals surface area contributed by atoms with E-state index >= 15 is 0 Å². The van der Waals surface area contributed by atoms with Crippen LogP contribution in [0.15, 0.2) is 42.5 Å². The second kappa shape index (κ2) is 7.21. The van der Waals surface area contributed by atoms with Crippen LogP contribution >= 0.6 is 11.6 Å². The van der Waals surface area contributed by atoms with E-state index < -0.39 is 40.4 Å². The third kappa shape index (κ3) is 2.50. The zero-order valence-corrected chi connectivity index (χ0v) is 17.8. The molecule has 2 fully saturated rings. The number of nitrogens with zero attached hydrogens (tertiary/aromatic N) is 3. The Morgan fingerprint density at radius 1 is 1.12 bits per heavy atom. The highest BCUT2D eigenvalue weighted by Crippen LogP contribution is 2.70. The summed E-state index contributed by atoms with van der Waals surface area (Å²) in [7, 11) is 1.44. The molecule has 160 valence electrons. The van der Waals surface area contributed by atoms with E-state index in [4.69, 9.17) is 31.2 Å². The SMILES string of the molecule is COc1ccccc1C1C2(C)OC(=N)C1(C#N)C(C#N)(C#N)C(c1ccc(Cl)c(F)c1)O2. The van der Waals surface area contributed by atoms with E-state index in [9.17, 15) is 20.2 Å². The first-order chi connectivity index (χ1) is 15.2. The molecule has 4 atom stereocenters. The van der Waals surface area contributed by atoms with Gasteiger partial charge in [-0.3, -0.25) is 5.41 Å². The molecule has 1 N–H and O–H groups in total. The number of ether oxygens (including phenoxy) is 3. The lowest BCUT2D eigenvalue weighted by atomic mass is 9.52. The Labute approximate surface area is 188 Å². The highest BCUT2D eigenvalue weighted by atomic mass is 35.5. The Hall–Kier alpha value is -3.64. The molecule has 9 heteroatoms. The lowest BCUT2D eigenvalue weighted by Crippen LogP contribution is -2.57. The smallest absolute Gasteiger partial charge is 0.219 e. The number of hydrogen-bond donors (Lipinski definition) is 1. The highest BCUT2D eigenvalue weighted by Gasteiger charge is 2.80. The van der Waals surface area contributed by atoms with Crippen molar-refractivity contribution in [2.75, 3.05) is 7.11 Å². The van der Waals surface area contributed by atoms with Crippen molar-refractivity contribution in [3.63, 3.8) is 0 Å². The lowest BCUT2D eigenvalue weighted by molar-refractivity contribution is -0.253. The topological polar surface area (TPSA) is 123 Å². The summed E-state index contributed by atoms with van der Waals surface area (Å²) >= 11 is 5.80. The molecule has 7 nitrogen and oxygen atoms in total. The van der Waals surface area contributed by atoms with Gasteiger partial charge in [-0.15, -0.1) is 0 Å². The molecule has 0 spiro atoms. The predicted molar refractivity (Wildman–Crippen MR) is 110 cm³/mol. The normalized spacial score (nSPS) is 29.8. The second-order valence-electron chi connectivity index (χ2n) is 7.74. The molecule has 2 aliphatic heterocycles. The van der Waals surface area contributed by atoms with Crippen molar-refractivity contribution in [1.29, 1.82) is 21.2 Å². The Morgan fingerprint density at radius 3 is 2.41 bits per heavy atom. The summed E-state index contributed by atoms with van der Waals surface area (Å²) in [6, 6.07) is 16.4. The molecule has 4 rings (SSSR count). The summed E-state index contributed by atoms with van der Waals surface area (Å²) in [5.74, 6) is -3.65. The van der Waals surface area contributed by atoms with Crippen molar-refractivity contribution in [2.45, 2.75) is 24.7 Å². The molecule has 2 saturated heterocycles. The van der Waals surface area contributed by atoms with E-state index in [1.54, 1.807) is 24.3 Å². The first-order valence-corrected chi connectivity index (χ1v) is 9.90. The van der Waals surface area contributed by atoms with Crippen molar-refractivity contribution < 1.29 is 18.6 Å². The number of methoxy groups -OCH3 is 1. The van der Waals surface area contributed by atoms with Crippen LogP contribution in [0, 0.1) is 56.0 Å². The Kier molecular flexibility index (Phi) is 4.86. The first kappa shape index (κ1) is 21.6. The van der Waals surface area contributed by atoms with Gasteiger partial charge in [0.1, 0.15) is 17.7 Å². The number of hydrogen-bond acceptors (Lipinski definition) is 7. The number of para-hydroxylation sites is 1. The van der Waals surface area contributed by atoms with Crippen LogP contribution in [0.4, 0.5) is 4.39 Å². The molecule has 0 aromatic heterocycles. The molecule has 2 aromatic carbocycles. The maximum Gasteiger partial charge on any atom is 0.219 e. The van der Waals surface area contributed by atoms with Crippen LogP contribution in [-0.2, 0) is 9.47 Å². The molecule has 4 unspecified atom stereocenters. The van der Waals surface area contributed by atoms with E-state index in [-0.39, 0.29) is 10.6 Å². The van der Waals surface area contributed by atoms with Crippen molar-refractivity contribution in [3.8, 4) is 24.0 Å². The van der Waals surface area contributed by atoms with E-state index in [0.717, 1.165) is 6.07 Å². The molecule has 2 bridgehead atoms. The number of nitrogens with one attached hydrogen (secondary N) is 1. The molecular formula is C23H16ClFN4O3. The van der Waals surface area contributed by atoms with Crippen LogP contribution in [0.2, 0.25) is 5.02 Å². The van der Waals surface area contributed by atoms with Gasteiger partial charge in [0.15, 0.2) is 5.41 Å². The van der Waals surface area contributed by atoms with E-state index in [1.807, 2.05) is 12.1 Å². The summed E-state index contributed by atoms with van der Waals surface area (Å²) in [6.07, 6.45) is -1.40. The Balaban J connectivity index is 2.06. The minimum absolute atomic E-state index is 0.123. The van der Waals surface area contributed by atoms with Gasteiger partial charge in [0.05, 0.1) is 36.3 Å².